The van der Waals surface area contributed by atoms with Gasteiger partial charge in [0.1, 0.15) is 17.0 Å². The van der Waals surface area contributed by atoms with Crippen molar-refractivity contribution in [1.82, 2.24) is 19.5 Å². The van der Waals surface area contributed by atoms with E-state index in [-0.39, 0.29) is 0 Å². The number of furan rings is 1. The van der Waals surface area contributed by atoms with Gasteiger partial charge in [0.05, 0.1) is 26.2 Å². The Kier molecular flexibility index (Phi) is 4.62. The van der Waals surface area contributed by atoms with Crippen LogP contribution in [0.3, 0.4) is 0 Å². The van der Waals surface area contributed by atoms with Crippen LogP contribution in [0.15, 0.2) is 58.6 Å². The van der Waals surface area contributed by atoms with Gasteiger partial charge >= 0.3 is 0 Å². The average molecular weight is 366 g/mol. The number of hydrogen-bond donors (Lipinski definition) is 0. The van der Waals surface area contributed by atoms with E-state index in [1.54, 1.807) is 31.5 Å². The number of ether oxygens (including phenoxy) is 1. The monoisotopic (exact) mass is 366 g/mol. The molecule has 4 aromatic rings. The Morgan fingerprint density at radius 1 is 1.15 bits per heavy atom. The Bertz CT molecular complexity index is 1010. The first-order chi connectivity index (χ1) is 12.8. The minimum Gasteiger partial charge on any atom is -0.497 e. The van der Waals surface area contributed by atoms with Crippen LogP contribution in [0.5, 0.6) is 5.75 Å². The van der Waals surface area contributed by atoms with Crippen molar-refractivity contribution in [1.29, 1.82) is 0 Å². The van der Waals surface area contributed by atoms with Crippen molar-refractivity contribution in [2.24, 2.45) is 0 Å². The number of rotatable bonds is 6. The number of hydrogen-bond acceptors (Lipinski definition) is 6. The summed E-state index contributed by atoms with van der Waals surface area (Å²) in [6.45, 7) is 2.75. The molecule has 0 aliphatic carbocycles. The quantitative estimate of drug-likeness (QED) is 0.375. The van der Waals surface area contributed by atoms with Gasteiger partial charge in [-0.3, -0.25) is 0 Å². The molecule has 7 heteroatoms. The minimum atomic E-state index is 0.672. The molecular formula is C19H18N4O2S. The van der Waals surface area contributed by atoms with Gasteiger partial charge in [0, 0.05) is 0 Å². The lowest BCUT2D eigenvalue weighted by Crippen LogP contribution is -2.01. The van der Waals surface area contributed by atoms with E-state index in [1.807, 2.05) is 41.0 Å². The van der Waals surface area contributed by atoms with Gasteiger partial charge < -0.3 is 13.7 Å². The summed E-state index contributed by atoms with van der Waals surface area (Å²) in [5, 5.41) is 0.725. The highest BCUT2D eigenvalue weighted by atomic mass is 32.2. The Morgan fingerprint density at radius 3 is 2.69 bits per heavy atom. The predicted molar refractivity (Wildman–Crippen MR) is 102 cm³/mol. The lowest BCUT2D eigenvalue weighted by molar-refractivity contribution is 0.414. The fourth-order valence-corrected chi connectivity index (χ4v) is 3.31. The van der Waals surface area contributed by atoms with E-state index >= 15 is 0 Å². The minimum absolute atomic E-state index is 0.672. The Morgan fingerprint density at radius 2 is 2.00 bits per heavy atom. The molecule has 0 fully saturated rings. The number of benzene rings is 1. The second-order valence-electron chi connectivity index (χ2n) is 5.66. The first-order valence-corrected chi connectivity index (χ1v) is 9.29. The summed E-state index contributed by atoms with van der Waals surface area (Å²) in [6.07, 6.45) is 3.45. The van der Waals surface area contributed by atoms with Crippen LogP contribution in [0, 0.1) is 0 Å². The molecule has 3 aromatic heterocycles. The molecule has 6 nitrogen and oxygen atoms in total. The predicted octanol–water partition coefficient (Wildman–Crippen LogP) is 4.26. The molecule has 0 bridgehead atoms. The van der Waals surface area contributed by atoms with E-state index in [0.717, 1.165) is 39.1 Å². The summed E-state index contributed by atoms with van der Waals surface area (Å²) in [6, 6.07) is 11.7. The van der Waals surface area contributed by atoms with Crippen molar-refractivity contribution in [2.75, 3.05) is 12.9 Å². The van der Waals surface area contributed by atoms with Gasteiger partial charge in [-0.05, 0) is 35.6 Å². The van der Waals surface area contributed by atoms with Crippen molar-refractivity contribution in [2.45, 2.75) is 18.6 Å². The normalized spacial score (nSPS) is 11.2. The largest absolute Gasteiger partial charge is 0.497 e. The number of imidazole rings is 1. The van der Waals surface area contributed by atoms with Crippen LogP contribution in [0.25, 0.3) is 22.6 Å². The summed E-state index contributed by atoms with van der Waals surface area (Å²) in [7, 11) is 1.67. The van der Waals surface area contributed by atoms with E-state index in [0.29, 0.717) is 12.3 Å². The van der Waals surface area contributed by atoms with Crippen molar-refractivity contribution >= 4 is 22.9 Å². The molecule has 4 rings (SSSR count). The maximum absolute atomic E-state index is 5.55. The average Bonchev–Trinajstić information content (AvgIpc) is 3.33. The summed E-state index contributed by atoms with van der Waals surface area (Å²) in [4.78, 5) is 13.9. The number of thioether (sulfide) groups is 1. The van der Waals surface area contributed by atoms with E-state index in [2.05, 4.69) is 16.9 Å². The SMILES string of the molecule is CCSc1nc(-c2ccco2)c2ncn(Cc3ccc(OC)cc3)c2n1. The molecule has 3 heterocycles. The van der Waals surface area contributed by atoms with Crippen LogP contribution < -0.4 is 4.74 Å². The number of aromatic nitrogens is 4. The molecule has 0 saturated carbocycles. The van der Waals surface area contributed by atoms with Gasteiger partial charge in [-0.15, -0.1) is 0 Å². The third-order valence-electron chi connectivity index (χ3n) is 3.98. The zero-order chi connectivity index (χ0) is 17.9. The zero-order valence-electron chi connectivity index (χ0n) is 14.5. The standard InChI is InChI=1S/C19H18N4O2S/c1-3-26-19-21-16(15-5-4-10-25-15)17-18(22-19)23(12-20-17)11-13-6-8-14(24-2)9-7-13/h4-10,12H,3,11H2,1-2H3. The second kappa shape index (κ2) is 7.21. The Balaban J connectivity index is 1.78. The van der Waals surface area contributed by atoms with E-state index in [9.17, 15) is 0 Å². The molecule has 0 unspecified atom stereocenters. The maximum atomic E-state index is 5.55. The molecule has 0 spiro atoms. The number of methoxy groups -OCH3 is 1. The van der Waals surface area contributed by atoms with Crippen molar-refractivity contribution < 1.29 is 9.15 Å². The van der Waals surface area contributed by atoms with Gasteiger partial charge in [-0.1, -0.05) is 30.8 Å². The highest BCUT2D eigenvalue weighted by Crippen LogP contribution is 2.28. The van der Waals surface area contributed by atoms with Crippen LogP contribution in [-0.2, 0) is 6.54 Å². The molecule has 0 aliphatic rings. The summed E-state index contributed by atoms with van der Waals surface area (Å²) < 4.78 is 12.8. The topological polar surface area (TPSA) is 66.0 Å². The first kappa shape index (κ1) is 16.7. The van der Waals surface area contributed by atoms with Gasteiger partial charge in [0.15, 0.2) is 16.6 Å². The van der Waals surface area contributed by atoms with Crippen molar-refractivity contribution in [3.63, 3.8) is 0 Å². The van der Waals surface area contributed by atoms with Crippen LogP contribution in [0.1, 0.15) is 12.5 Å². The fourth-order valence-electron chi connectivity index (χ4n) is 2.75. The lowest BCUT2D eigenvalue weighted by atomic mass is 10.2. The molecule has 132 valence electrons. The Hall–Kier alpha value is -2.80. The van der Waals surface area contributed by atoms with Crippen LogP contribution in [0.4, 0.5) is 0 Å². The molecule has 0 radical (unpaired) electrons. The molecular weight excluding hydrogens is 348 g/mol. The first-order valence-electron chi connectivity index (χ1n) is 8.31. The van der Waals surface area contributed by atoms with E-state index in [4.69, 9.17) is 14.1 Å². The van der Waals surface area contributed by atoms with Crippen LogP contribution in [0.2, 0.25) is 0 Å². The molecule has 26 heavy (non-hydrogen) atoms. The van der Waals surface area contributed by atoms with Crippen LogP contribution >= 0.6 is 11.8 Å². The number of fused-ring (bicyclic) bond motifs is 1. The number of nitrogens with zero attached hydrogens (tertiary/aromatic N) is 4. The molecule has 0 amide bonds. The van der Waals surface area contributed by atoms with Crippen molar-refractivity contribution in [3.05, 3.63) is 54.6 Å². The van der Waals surface area contributed by atoms with Crippen LogP contribution in [-0.4, -0.2) is 32.4 Å². The second-order valence-corrected chi connectivity index (χ2v) is 6.89. The summed E-state index contributed by atoms with van der Waals surface area (Å²) in [5.41, 5.74) is 3.42. The van der Waals surface area contributed by atoms with Gasteiger partial charge in [0.2, 0.25) is 0 Å². The van der Waals surface area contributed by atoms with Crippen molar-refractivity contribution in [3.8, 4) is 17.2 Å². The Labute approximate surface area is 155 Å². The zero-order valence-corrected chi connectivity index (χ0v) is 15.4. The third kappa shape index (κ3) is 3.17. The molecule has 0 atom stereocenters. The molecule has 0 aliphatic heterocycles. The summed E-state index contributed by atoms with van der Waals surface area (Å²) in [5.74, 6) is 2.44. The van der Waals surface area contributed by atoms with Gasteiger partial charge in [-0.2, -0.15) is 0 Å². The van der Waals surface area contributed by atoms with Gasteiger partial charge in [0.25, 0.3) is 0 Å². The third-order valence-corrected chi connectivity index (χ3v) is 4.71. The molecule has 1 aromatic carbocycles. The fraction of sp³-hybridized carbons (Fsp3) is 0.211. The van der Waals surface area contributed by atoms with E-state index in [1.165, 1.54) is 0 Å². The van der Waals surface area contributed by atoms with Gasteiger partial charge in [-0.25, -0.2) is 15.0 Å². The molecule has 0 N–H and O–H groups in total. The summed E-state index contributed by atoms with van der Waals surface area (Å²) >= 11 is 1.60. The molecule has 0 saturated heterocycles. The smallest absolute Gasteiger partial charge is 0.190 e. The lowest BCUT2D eigenvalue weighted by Gasteiger charge is -2.07. The van der Waals surface area contributed by atoms with E-state index < -0.39 is 0 Å². The highest BCUT2D eigenvalue weighted by molar-refractivity contribution is 7.99. The maximum Gasteiger partial charge on any atom is 0.190 e. The highest BCUT2D eigenvalue weighted by Gasteiger charge is 2.17.